The first-order valence-corrected chi connectivity index (χ1v) is 5.70. The number of rotatable bonds is 3. The third-order valence-electron chi connectivity index (χ3n) is 2.68. The Labute approximate surface area is 104 Å². The maximum atomic E-state index is 5.25. The summed E-state index contributed by atoms with van der Waals surface area (Å²) in [6.07, 6.45) is 1.75. The fraction of sp³-hybridized carbons (Fsp3) is 0.154. The van der Waals surface area contributed by atoms with Crippen LogP contribution in [0.1, 0.15) is 5.82 Å². The Morgan fingerprint density at radius 3 is 3.00 bits per heavy atom. The molecule has 3 aromatic rings. The molecule has 0 aliphatic heterocycles. The first-order valence-electron chi connectivity index (χ1n) is 5.70. The zero-order valence-corrected chi connectivity index (χ0v) is 9.92. The molecule has 0 unspecified atom stereocenters. The molecule has 0 fully saturated rings. The van der Waals surface area contributed by atoms with Gasteiger partial charge in [0.25, 0.3) is 5.89 Å². The van der Waals surface area contributed by atoms with Crippen molar-refractivity contribution in [3.8, 4) is 11.6 Å². The smallest absolute Gasteiger partial charge is 0.277 e. The van der Waals surface area contributed by atoms with Crippen LogP contribution < -0.4 is 5.32 Å². The van der Waals surface area contributed by atoms with Crippen LogP contribution in [0.2, 0.25) is 0 Å². The molecule has 0 atom stereocenters. The summed E-state index contributed by atoms with van der Waals surface area (Å²) in [6, 6.07) is 9.96. The molecular weight excluding hydrogens is 228 g/mol. The highest BCUT2D eigenvalue weighted by Gasteiger charge is 2.12. The maximum absolute atomic E-state index is 5.25. The van der Waals surface area contributed by atoms with Crippen molar-refractivity contribution < 1.29 is 4.52 Å². The molecule has 0 aliphatic carbocycles. The fourth-order valence-electron chi connectivity index (χ4n) is 1.87. The van der Waals surface area contributed by atoms with Crippen molar-refractivity contribution in [1.29, 1.82) is 0 Å². The molecule has 90 valence electrons. The van der Waals surface area contributed by atoms with Crippen LogP contribution in [0.4, 0.5) is 0 Å². The molecule has 0 amide bonds. The van der Waals surface area contributed by atoms with Gasteiger partial charge in [0.15, 0.2) is 5.82 Å². The molecular formula is C13H12N4O. The molecule has 5 heteroatoms. The SMILES string of the molecule is CNCc1noc(-c2nccc3ccccc23)n1. The Morgan fingerprint density at radius 2 is 2.11 bits per heavy atom. The molecule has 0 saturated carbocycles. The highest BCUT2D eigenvalue weighted by Crippen LogP contribution is 2.24. The predicted molar refractivity (Wildman–Crippen MR) is 67.8 cm³/mol. The average Bonchev–Trinajstić information content (AvgIpc) is 2.87. The lowest BCUT2D eigenvalue weighted by atomic mass is 10.1. The maximum Gasteiger partial charge on any atom is 0.277 e. The second-order valence-electron chi connectivity index (χ2n) is 3.93. The van der Waals surface area contributed by atoms with Gasteiger partial charge in [0.2, 0.25) is 0 Å². The van der Waals surface area contributed by atoms with Crippen molar-refractivity contribution in [2.75, 3.05) is 7.05 Å². The summed E-state index contributed by atoms with van der Waals surface area (Å²) < 4.78 is 5.25. The van der Waals surface area contributed by atoms with Gasteiger partial charge in [0, 0.05) is 11.6 Å². The predicted octanol–water partition coefficient (Wildman–Crippen LogP) is 2.00. The van der Waals surface area contributed by atoms with E-state index in [1.165, 1.54) is 0 Å². The molecule has 2 aromatic heterocycles. The molecule has 5 nitrogen and oxygen atoms in total. The average molecular weight is 240 g/mol. The van der Waals surface area contributed by atoms with Crippen LogP contribution in [0.15, 0.2) is 41.1 Å². The molecule has 1 aromatic carbocycles. The molecule has 0 aliphatic rings. The zero-order chi connectivity index (χ0) is 12.4. The summed E-state index contributed by atoms with van der Waals surface area (Å²) in [5.74, 6) is 1.08. The summed E-state index contributed by atoms with van der Waals surface area (Å²) in [4.78, 5) is 8.65. The summed E-state index contributed by atoms with van der Waals surface area (Å²) in [5, 5.41) is 9.00. The Bertz CT molecular complexity index is 672. The number of nitrogens with zero attached hydrogens (tertiary/aromatic N) is 3. The first kappa shape index (κ1) is 10.9. The van der Waals surface area contributed by atoms with Gasteiger partial charge in [-0.15, -0.1) is 0 Å². The number of pyridine rings is 1. The van der Waals surface area contributed by atoms with E-state index < -0.39 is 0 Å². The first-order chi connectivity index (χ1) is 8.88. The monoisotopic (exact) mass is 240 g/mol. The van der Waals surface area contributed by atoms with Gasteiger partial charge in [-0.3, -0.25) is 4.98 Å². The van der Waals surface area contributed by atoms with E-state index >= 15 is 0 Å². The molecule has 18 heavy (non-hydrogen) atoms. The molecule has 0 radical (unpaired) electrons. The van der Waals surface area contributed by atoms with E-state index in [0.717, 1.165) is 16.5 Å². The molecule has 0 saturated heterocycles. The van der Waals surface area contributed by atoms with E-state index in [4.69, 9.17) is 4.52 Å². The molecule has 2 heterocycles. The van der Waals surface area contributed by atoms with Gasteiger partial charge in [0.05, 0.1) is 6.54 Å². The standard InChI is InChI=1S/C13H12N4O/c1-14-8-11-16-13(18-17-11)12-10-5-3-2-4-9(10)6-7-15-12/h2-7,14H,8H2,1H3. The lowest BCUT2D eigenvalue weighted by Gasteiger charge is -2.00. The molecule has 0 spiro atoms. The third-order valence-corrected chi connectivity index (χ3v) is 2.68. The fourth-order valence-corrected chi connectivity index (χ4v) is 1.87. The van der Waals surface area contributed by atoms with Crippen molar-refractivity contribution >= 4 is 10.8 Å². The lowest BCUT2D eigenvalue weighted by molar-refractivity contribution is 0.420. The number of nitrogens with one attached hydrogen (secondary N) is 1. The van der Waals surface area contributed by atoms with Crippen LogP contribution in [0.5, 0.6) is 0 Å². The van der Waals surface area contributed by atoms with Gasteiger partial charge >= 0.3 is 0 Å². The second kappa shape index (κ2) is 4.54. The van der Waals surface area contributed by atoms with Crippen LogP contribution >= 0.6 is 0 Å². The second-order valence-corrected chi connectivity index (χ2v) is 3.93. The topological polar surface area (TPSA) is 63.8 Å². The van der Waals surface area contributed by atoms with Crippen LogP contribution in [0, 0.1) is 0 Å². The number of hydrogen-bond acceptors (Lipinski definition) is 5. The Morgan fingerprint density at radius 1 is 1.22 bits per heavy atom. The van der Waals surface area contributed by atoms with Crippen LogP contribution in [-0.4, -0.2) is 22.2 Å². The molecule has 3 rings (SSSR count). The van der Waals surface area contributed by atoms with Crippen LogP contribution in [-0.2, 0) is 6.54 Å². The highest BCUT2D eigenvalue weighted by molar-refractivity contribution is 5.92. The van der Waals surface area contributed by atoms with E-state index in [2.05, 4.69) is 20.4 Å². The van der Waals surface area contributed by atoms with Crippen LogP contribution in [0.25, 0.3) is 22.4 Å². The summed E-state index contributed by atoms with van der Waals surface area (Å²) in [6.45, 7) is 0.578. The van der Waals surface area contributed by atoms with E-state index in [-0.39, 0.29) is 0 Å². The van der Waals surface area contributed by atoms with Crippen LogP contribution in [0.3, 0.4) is 0 Å². The minimum absolute atomic E-state index is 0.456. The lowest BCUT2D eigenvalue weighted by Crippen LogP contribution is -2.06. The van der Waals surface area contributed by atoms with Gasteiger partial charge < -0.3 is 9.84 Å². The quantitative estimate of drug-likeness (QED) is 0.758. The number of aromatic nitrogens is 3. The van der Waals surface area contributed by atoms with Gasteiger partial charge in [-0.25, -0.2) is 0 Å². The molecule has 0 bridgehead atoms. The minimum Gasteiger partial charge on any atom is -0.332 e. The van der Waals surface area contributed by atoms with E-state index in [1.807, 2.05) is 37.4 Å². The Hall–Kier alpha value is -2.27. The zero-order valence-electron chi connectivity index (χ0n) is 9.92. The van der Waals surface area contributed by atoms with E-state index in [0.29, 0.717) is 18.3 Å². The number of benzene rings is 1. The van der Waals surface area contributed by atoms with E-state index in [1.54, 1.807) is 6.20 Å². The van der Waals surface area contributed by atoms with Gasteiger partial charge in [0.1, 0.15) is 5.69 Å². The highest BCUT2D eigenvalue weighted by atomic mass is 16.5. The largest absolute Gasteiger partial charge is 0.332 e. The van der Waals surface area contributed by atoms with Crippen molar-refractivity contribution in [3.05, 3.63) is 42.4 Å². The van der Waals surface area contributed by atoms with Crippen molar-refractivity contribution in [2.24, 2.45) is 0 Å². The van der Waals surface area contributed by atoms with Crippen molar-refractivity contribution in [1.82, 2.24) is 20.4 Å². The summed E-state index contributed by atoms with van der Waals surface area (Å²) in [7, 11) is 1.84. The van der Waals surface area contributed by atoms with Gasteiger partial charge in [-0.05, 0) is 18.5 Å². The van der Waals surface area contributed by atoms with Crippen molar-refractivity contribution in [2.45, 2.75) is 6.54 Å². The van der Waals surface area contributed by atoms with Gasteiger partial charge in [-0.2, -0.15) is 4.98 Å². The summed E-state index contributed by atoms with van der Waals surface area (Å²) in [5.41, 5.74) is 0.725. The van der Waals surface area contributed by atoms with Gasteiger partial charge in [-0.1, -0.05) is 29.4 Å². The Kier molecular flexibility index (Phi) is 2.74. The summed E-state index contributed by atoms with van der Waals surface area (Å²) >= 11 is 0. The number of fused-ring (bicyclic) bond motifs is 1. The minimum atomic E-state index is 0.456. The normalized spacial score (nSPS) is 10.9. The number of hydrogen-bond donors (Lipinski definition) is 1. The molecule has 1 N–H and O–H groups in total. The van der Waals surface area contributed by atoms with Crippen molar-refractivity contribution in [3.63, 3.8) is 0 Å². The van der Waals surface area contributed by atoms with E-state index in [9.17, 15) is 0 Å². The third kappa shape index (κ3) is 1.84. The Balaban J connectivity index is 2.12.